The number of pyridine rings is 1. The van der Waals surface area contributed by atoms with Crippen molar-refractivity contribution in [3.05, 3.63) is 28.0 Å². The number of rotatable bonds is 5. The predicted octanol–water partition coefficient (Wildman–Crippen LogP) is 0.954. The summed E-state index contributed by atoms with van der Waals surface area (Å²) in [6.07, 6.45) is -0.0897. The van der Waals surface area contributed by atoms with E-state index in [-0.39, 0.29) is 28.9 Å². The molecule has 0 saturated heterocycles. The van der Waals surface area contributed by atoms with E-state index in [4.69, 9.17) is 33.4 Å². The van der Waals surface area contributed by atoms with Crippen molar-refractivity contribution in [2.75, 3.05) is 6.61 Å². The average molecular weight is 293 g/mol. The van der Waals surface area contributed by atoms with Gasteiger partial charge in [-0.15, -0.1) is 0 Å². The Hall–Kier alpha value is -1.37. The summed E-state index contributed by atoms with van der Waals surface area (Å²) in [6, 6.07) is 1.36. The fourth-order valence-corrected chi connectivity index (χ4v) is 1.68. The molecule has 0 fully saturated rings. The Labute approximate surface area is 113 Å². The molecule has 0 unspecified atom stereocenters. The summed E-state index contributed by atoms with van der Waals surface area (Å²) in [7, 11) is 0. The van der Waals surface area contributed by atoms with Gasteiger partial charge in [-0.05, 0) is 12.1 Å². The molecule has 6 nitrogen and oxygen atoms in total. The van der Waals surface area contributed by atoms with Crippen molar-refractivity contribution in [3.63, 3.8) is 0 Å². The summed E-state index contributed by atoms with van der Waals surface area (Å²) >= 11 is 11.2. The van der Waals surface area contributed by atoms with E-state index in [9.17, 15) is 9.59 Å². The molecule has 0 spiro atoms. The quantitative estimate of drug-likeness (QED) is 0.702. The van der Waals surface area contributed by atoms with Crippen molar-refractivity contribution in [3.8, 4) is 0 Å². The summed E-state index contributed by atoms with van der Waals surface area (Å²) in [5.74, 6) is -1.88. The van der Waals surface area contributed by atoms with E-state index in [1.54, 1.807) is 0 Å². The first-order valence-electron chi connectivity index (χ1n) is 4.91. The van der Waals surface area contributed by atoms with Crippen LogP contribution in [-0.2, 0) is 4.79 Å². The highest BCUT2D eigenvalue weighted by atomic mass is 35.5. The molecule has 3 N–H and O–H groups in total. The van der Waals surface area contributed by atoms with Gasteiger partial charge in [0.2, 0.25) is 0 Å². The Morgan fingerprint density at radius 2 is 1.89 bits per heavy atom. The lowest BCUT2D eigenvalue weighted by atomic mass is 10.2. The second kappa shape index (κ2) is 6.53. The van der Waals surface area contributed by atoms with Gasteiger partial charge in [0.15, 0.2) is 0 Å². The van der Waals surface area contributed by atoms with Crippen molar-refractivity contribution in [1.82, 2.24) is 10.3 Å². The zero-order valence-corrected chi connectivity index (χ0v) is 10.6. The zero-order chi connectivity index (χ0) is 13.7. The van der Waals surface area contributed by atoms with Gasteiger partial charge in [0, 0.05) is 18.6 Å². The van der Waals surface area contributed by atoms with Crippen LogP contribution < -0.4 is 5.32 Å². The number of carbonyl (C=O) groups excluding carboxylic acids is 1. The van der Waals surface area contributed by atoms with Crippen LogP contribution in [0, 0.1) is 0 Å². The number of amides is 1. The first-order valence-corrected chi connectivity index (χ1v) is 5.67. The van der Waals surface area contributed by atoms with E-state index in [0.717, 1.165) is 0 Å². The molecule has 1 aromatic rings. The van der Waals surface area contributed by atoms with Crippen LogP contribution in [0.15, 0.2) is 12.1 Å². The molecule has 0 aromatic carbocycles. The van der Waals surface area contributed by atoms with Crippen molar-refractivity contribution in [2.45, 2.75) is 12.5 Å². The molecule has 98 valence electrons. The van der Waals surface area contributed by atoms with Gasteiger partial charge in [-0.3, -0.25) is 4.79 Å². The number of aliphatic hydroxyl groups excluding tert-OH is 1. The molecule has 0 bridgehead atoms. The summed E-state index contributed by atoms with van der Waals surface area (Å²) in [5.41, 5.74) is 0.101. The highest BCUT2D eigenvalue weighted by molar-refractivity contribution is 6.33. The van der Waals surface area contributed by atoms with E-state index in [1.807, 2.05) is 0 Å². The van der Waals surface area contributed by atoms with E-state index < -0.39 is 17.9 Å². The van der Waals surface area contributed by atoms with Crippen LogP contribution in [0.1, 0.15) is 16.8 Å². The van der Waals surface area contributed by atoms with Crippen molar-refractivity contribution < 1.29 is 19.8 Å². The predicted molar refractivity (Wildman–Crippen MR) is 64.8 cm³/mol. The lowest BCUT2D eigenvalue weighted by Crippen LogP contribution is -2.41. The van der Waals surface area contributed by atoms with E-state index in [1.165, 1.54) is 12.1 Å². The number of aliphatic hydroxyl groups is 1. The number of carboxylic acid groups (broad SMARTS) is 1. The van der Waals surface area contributed by atoms with Gasteiger partial charge < -0.3 is 15.5 Å². The third-order valence-corrected chi connectivity index (χ3v) is 2.43. The van der Waals surface area contributed by atoms with Crippen LogP contribution in [0.25, 0.3) is 0 Å². The molecule has 18 heavy (non-hydrogen) atoms. The summed E-state index contributed by atoms with van der Waals surface area (Å²) in [5, 5.41) is 19.8. The first-order chi connectivity index (χ1) is 8.43. The molecule has 0 aliphatic rings. The fraction of sp³-hybridized carbons (Fsp3) is 0.300. The number of nitrogens with zero attached hydrogens (tertiary/aromatic N) is 1. The van der Waals surface area contributed by atoms with Gasteiger partial charge in [0.05, 0.1) is 0 Å². The smallest absolute Gasteiger partial charge is 0.326 e. The Balaban J connectivity index is 2.83. The second-order valence-corrected chi connectivity index (χ2v) is 4.15. The maximum Gasteiger partial charge on any atom is 0.326 e. The molecule has 0 saturated carbocycles. The Kier molecular flexibility index (Phi) is 5.33. The lowest BCUT2D eigenvalue weighted by Gasteiger charge is -2.13. The topological polar surface area (TPSA) is 99.5 Å². The number of hydrogen-bond donors (Lipinski definition) is 3. The molecule has 1 heterocycles. The van der Waals surface area contributed by atoms with Crippen molar-refractivity contribution >= 4 is 35.1 Å². The minimum absolute atomic E-state index is 0.0293. The normalized spacial score (nSPS) is 11.9. The number of aliphatic carboxylic acids is 1. The van der Waals surface area contributed by atoms with Crippen LogP contribution in [0.4, 0.5) is 0 Å². The minimum atomic E-state index is -1.23. The number of halogens is 2. The number of carbonyl (C=O) groups is 2. The standard InChI is InChI=1S/C10H10Cl2N2O4/c11-7-3-5(4-8(12)14-7)9(16)13-6(1-2-15)10(17)18/h3-4,6,15H,1-2H2,(H,13,16)(H,17,18)/t6-/m0/s1. The maximum absolute atomic E-state index is 11.7. The molecule has 1 atom stereocenters. The molecular weight excluding hydrogens is 283 g/mol. The van der Waals surface area contributed by atoms with Gasteiger partial charge in [-0.1, -0.05) is 23.2 Å². The van der Waals surface area contributed by atoms with E-state index in [0.29, 0.717) is 0 Å². The van der Waals surface area contributed by atoms with Crippen LogP contribution in [0.3, 0.4) is 0 Å². The number of nitrogens with one attached hydrogen (secondary N) is 1. The lowest BCUT2D eigenvalue weighted by molar-refractivity contribution is -0.139. The summed E-state index contributed by atoms with van der Waals surface area (Å²) in [4.78, 5) is 26.2. The average Bonchev–Trinajstić information content (AvgIpc) is 2.26. The molecule has 1 aromatic heterocycles. The Morgan fingerprint density at radius 1 is 1.33 bits per heavy atom. The largest absolute Gasteiger partial charge is 0.480 e. The number of carboxylic acids is 1. The first kappa shape index (κ1) is 14.7. The Bertz CT molecular complexity index is 447. The van der Waals surface area contributed by atoms with E-state index in [2.05, 4.69) is 10.3 Å². The van der Waals surface area contributed by atoms with Gasteiger partial charge >= 0.3 is 5.97 Å². The second-order valence-electron chi connectivity index (χ2n) is 3.38. The van der Waals surface area contributed by atoms with Crippen LogP contribution in [0.5, 0.6) is 0 Å². The summed E-state index contributed by atoms with van der Waals surface area (Å²) in [6.45, 7) is -0.352. The van der Waals surface area contributed by atoms with E-state index >= 15 is 0 Å². The monoisotopic (exact) mass is 292 g/mol. The minimum Gasteiger partial charge on any atom is -0.480 e. The fourth-order valence-electron chi connectivity index (χ4n) is 1.22. The zero-order valence-electron chi connectivity index (χ0n) is 9.06. The van der Waals surface area contributed by atoms with Gasteiger partial charge in [-0.25, -0.2) is 9.78 Å². The molecular formula is C10H10Cl2N2O4. The van der Waals surface area contributed by atoms with Crippen LogP contribution in [0.2, 0.25) is 10.3 Å². The highest BCUT2D eigenvalue weighted by Gasteiger charge is 2.20. The van der Waals surface area contributed by atoms with Crippen molar-refractivity contribution in [2.24, 2.45) is 0 Å². The van der Waals surface area contributed by atoms with Crippen LogP contribution >= 0.6 is 23.2 Å². The van der Waals surface area contributed by atoms with Gasteiger partial charge in [-0.2, -0.15) is 0 Å². The molecule has 0 aliphatic carbocycles. The van der Waals surface area contributed by atoms with Gasteiger partial charge in [0.1, 0.15) is 16.3 Å². The molecule has 1 rings (SSSR count). The molecule has 0 aliphatic heterocycles. The number of aromatic nitrogens is 1. The number of hydrogen-bond acceptors (Lipinski definition) is 4. The SMILES string of the molecule is O=C(N[C@@H](CCO)C(=O)O)c1cc(Cl)nc(Cl)c1. The van der Waals surface area contributed by atoms with Crippen molar-refractivity contribution in [1.29, 1.82) is 0 Å². The molecule has 0 radical (unpaired) electrons. The maximum atomic E-state index is 11.7. The van der Waals surface area contributed by atoms with Crippen LogP contribution in [-0.4, -0.2) is 39.7 Å². The third kappa shape index (κ3) is 4.14. The molecule has 1 amide bonds. The third-order valence-electron chi connectivity index (χ3n) is 2.05. The van der Waals surface area contributed by atoms with Gasteiger partial charge in [0.25, 0.3) is 5.91 Å². The Morgan fingerprint density at radius 3 is 2.33 bits per heavy atom. The summed E-state index contributed by atoms with van der Waals surface area (Å²) < 4.78 is 0. The highest BCUT2D eigenvalue weighted by Crippen LogP contribution is 2.14. The molecule has 8 heteroatoms.